The molecule has 11 heteroatoms. The number of sulfonamides is 1. The van der Waals surface area contributed by atoms with E-state index < -0.39 is 31.7 Å². The van der Waals surface area contributed by atoms with Crippen LogP contribution in [0.5, 0.6) is 0 Å². The van der Waals surface area contributed by atoms with Gasteiger partial charge in [-0.15, -0.1) is 0 Å². The fraction of sp³-hybridized carbons (Fsp3) is 0.579. The van der Waals surface area contributed by atoms with Gasteiger partial charge in [-0.25, -0.2) is 16.8 Å². The summed E-state index contributed by atoms with van der Waals surface area (Å²) in [6, 6.07) is 5.71. The van der Waals surface area contributed by atoms with Gasteiger partial charge in [-0.1, -0.05) is 18.9 Å². The van der Waals surface area contributed by atoms with Crippen LogP contribution in [-0.2, 0) is 24.7 Å². The zero-order chi connectivity index (χ0) is 21.8. The van der Waals surface area contributed by atoms with E-state index in [1.807, 2.05) is 0 Å². The smallest absolute Gasteiger partial charge is 0.269 e. The van der Waals surface area contributed by atoms with Crippen molar-refractivity contribution in [2.45, 2.75) is 43.4 Å². The lowest BCUT2D eigenvalue weighted by Crippen LogP contribution is -2.42. The lowest BCUT2D eigenvalue weighted by molar-refractivity contribution is -0.122. The molecule has 2 aliphatic heterocycles. The quantitative estimate of drug-likeness (QED) is 0.630. The molecule has 2 saturated heterocycles. The topological polar surface area (TPSA) is 130 Å². The summed E-state index contributed by atoms with van der Waals surface area (Å²) in [5.41, 5.74) is 4.64. The molecule has 0 bridgehead atoms. The summed E-state index contributed by atoms with van der Waals surface area (Å²) in [4.78, 5) is 24.4. The Morgan fingerprint density at radius 2 is 1.77 bits per heavy atom. The Balaban J connectivity index is 1.59. The van der Waals surface area contributed by atoms with E-state index in [0.717, 1.165) is 25.7 Å². The van der Waals surface area contributed by atoms with E-state index in [9.17, 15) is 26.4 Å². The van der Waals surface area contributed by atoms with Gasteiger partial charge in [0, 0.05) is 25.1 Å². The second kappa shape index (κ2) is 9.44. The molecule has 3 rings (SSSR count). The SMILES string of the molecule is O=C(CC1CCS(=O)(=O)C1)NNC(=O)c1cccc(S(=O)(=O)N2CCCCCC2)c1. The molecule has 0 aromatic heterocycles. The normalized spacial score (nSPS) is 22.2. The average Bonchev–Trinajstić information content (AvgIpc) is 2.90. The van der Waals surface area contributed by atoms with Gasteiger partial charge in [-0.2, -0.15) is 4.31 Å². The summed E-state index contributed by atoms with van der Waals surface area (Å²) < 4.78 is 50.2. The summed E-state index contributed by atoms with van der Waals surface area (Å²) in [7, 11) is -6.76. The number of benzene rings is 1. The molecule has 2 N–H and O–H groups in total. The number of nitrogens with zero attached hydrogens (tertiary/aromatic N) is 1. The molecule has 1 atom stereocenters. The minimum atomic E-state index is -3.69. The Kier molecular flexibility index (Phi) is 7.14. The first-order chi connectivity index (χ1) is 14.2. The summed E-state index contributed by atoms with van der Waals surface area (Å²) in [6.07, 6.45) is 4.06. The molecule has 2 heterocycles. The van der Waals surface area contributed by atoms with Crippen LogP contribution in [0, 0.1) is 5.92 Å². The van der Waals surface area contributed by atoms with Crippen molar-refractivity contribution in [1.82, 2.24) is 15.2 Å². The molecule has 0 spiro atoms. The predicted molar refractivity (Wildman–Crippen MR) is 111 cm³/mol. The zero-order valence-electron chi connectivity index (χ0n) is 16.7. The lowest BCUT2D eigenvalue weighted by Gasteiger charge is -2.20. The Hall–Kier alpha value is -1.98. The van der Waals surface area contributed by atoms with Crippen LogP contribution in [0.15, 0.2) is 29.2 Å². The lowest BCUT2D eigenvalue weighted by atomic mass is 10.1. The van der Waals surface area contributed by atoms with Crippen molar-refractivity contribution >= 4 is 31.7 Å². The first kappa shape index (κ1) is 22.7. The van der Waals surface area contributed by atoms with Crippen LogP contribution in [0.4, 0.5) is 0 Å². The molecule has 9 nitrogen and oxygen atoms in total. The third kappa shape index (κ3) is 5.79. The molecule has 30 heavy (non-hydrogen) atoms. The fourth-order valence-electron chi connectivity index (χ4n) is 3.77. The number of hydrazine groups is 1. The largest absolute Gasteiger partial charge is 0.273 e. The highest BCUT2D eigenvalue weighted by atomic mass is 32.2. The van der Waals surface area contributed by atoms with Gasteiger partial charge in [0.1, 0.15) is 0 Å². The highest BCUT2D eigenvalue weighted by Gasteiger charge is 2.29. The van der Waals surface area contributed by atoms with Crippen molar-refractivity contribution in [2.75, 3.05) is 24.6 Å². The number of hydrogen-bond acceptors (Lipinski definition) is 6. The van der Waals surface area contributed by atoms with Crippen LogP contribution in [0.3, 0.4) is 0 Å². The summed E-state index contributed by atoms with van der Waals surface area (Å²) in [5, 5.41) is 0. The molecule has 0 radical (unpaired) electrons. The number of carbonyl (C=O) groups excluding carboxylic acids is 2. The maximum Gasteiger partial charge on any atom is 0.269 e. The summed E-state index contributed by atoms with van der Waals surface area (Å²) in [6.45, 7) is 0.928. The number of carbonyl (C=O) groups is 2. The van der Waals surface area contributed by atoms with Gasteiger partial charge >= 0.3 is 0 Å². The Morgan fingerprint density at radius 3 is 2.40 bits per heavy atom. The standard InChI is InChI=1S/C19H27N3O6S2/c23-18(12-15-8-11-29(25,26)14-15)20-21-19(24)16-6-5-7-17(13-16)30(27,28)22-9-3-1-2-4-10-22/h5-7,13,15H,1-4,8-12,14H2,(H,20,23)(H,21,24). The van der Waals surface area contributed by atoms with Crippen LogP contribution in [0.2, 0.25) is 0 Å². The molecule has 1 aromatic rings. The third-order valence-electron chi connectivity index (χ3n) is 5.42. The van der Waals surface area contributed by atoms with Gasteiger partial charge in [0.2, 0.25) is 15.9 Å². The summed E-state index contributed by atoms with van der Waals surface area (Å²) >= 11 is 0. The number of nitrogens with one attached hydrogen (secondary N) is 2. The monoisotopic (exact) mass is 457 g/mol. The van der Waals surface area contributed by atoms with E-state index >= 15 is 0 Å². The zero-order valence-corrected chi connectivity index (χ0v) is 18.3. The van der Waals surface area contributed by atoms with Crippen LogP contribution < -0.4 is 10.9 Å². The van der Waals surface area contributed by atoms with Crippen molar-refractivity contribution in [1.29, 1.82) is 0 Å². The van der Waals surface area contributed by atoms with Crippen molar-refractivity contribution in [3.8, 4) is 0 Å². The average molecular weight is 458 g/mol. The molecular weight excluding hydrogens is 430 g/mol. The molecular formula is C19H27N3O6S2. The van der Waals surface area contributed by atoms with Crippen LogP contribution in [0.25, 0.3) is 0 Å². The van der Waals surface area contributed by atoms with Crippen LogP contribution >= 0.6 is 0 Å². The second-order valence-corrected chi connectivity index (χ2v) is 12.0. The van der Waals surface area contributed by atoms with Gasteiger partial charge in [0.15, 0.2) is 9.84 Å². The number of hydrogen-bond donors (Lipinski definition) is 2. The van der Waals surface area contributed by atoms with E-state index in [1.165, 1.54) is 28.6 Å². The third-order valence-corrected chi connectivity index (χ3v) is 9.15. The number of sulfone groups is 1. The highest BCUT2D eigenvalue weighted by molar-refractivity contribution is 7.91. The van der Waals surface area contributed by atoms with E-state index in [2.05, 4.69) is 10.9 Å². The predicted octanol–water partition coefficient (Wildman–Crippen LogP) is 0.837. The molecule has 0 aliphatic carbocycles. The molecule has 0 saturated carbocycles. The van der Waals surface area contributed by atoms with Crippen molar-refractivity contribution < 1.29 is 26.4 Å². The van der Waals surface area contributed by atoms with Gasteiger partial charge < -0.3 is 0 Å². The van der Waals surface area contributed by atoms with Gasteiger partial charge in [0.25, 0.3) is 5.91 Å². The first-order valence-electron chi connectivity index (χ1n) is 10.1. The molecule has 2 aliphatic rings. The van der Waals surface area contributed by atoms with E-state index in [4.69, 9.17) is 0 Å². The van der Waals surface area contributed by atoms with E-state index in [1.54, 1.807) is 0 Å². The van der Waals surface area contributed by atoms with Crippen LogP contribution in [-0.4, -0.2) is 57.6 Å². The van der Waals surface area contributed by atoms with Crippen molar-refractivity contribution in [3.63, 3.8) is 0 Å². The Bertz CT molecular complexity index is 999. The first-order valence-corrected chi connectivity index (χ1v) is 13.3. The molecule has 2 amide bonds. The van der Waals surface area contributed by atoms with Crippen molar-refractivity contribution in [2.24, 2.45) is 5.92 Å². The number of amides is 2. The second-order valence-electron chi connectivity index (χ2n) is 7.82. The van der Waals surface area contributed by atoms with Crippen molar-refractivity contribution in [3.05, 3.63) is 29.8 Å². The van der Waals surface area contributed by atoms with Gasteiger partial charge in [0.05, 0.1) is 16.4 Å². The van der Waals surface area contributed by atoms with E-state index in [0.29, 0.717) is 19.5 Å². The minimum absolute atomic E-state index is 0.00287. The maximum absolute atomic E-state index is 12.9. The Morgan fingerprint density at radius 1 is 1.07 bits per heavy atom. The maximum atomic E-state index is 12.9. The number of rotatable bonds is 5. The molecule has 1 aromatic carbocycles. The van der Waals surface area contributed by atoms with Crippen LogP contribution in [0.1, 0.15) is 48.9 Å². The fourth-order valence-corrected chi connectivity index (χ4v) is 7.20. The highest BCUT2D eigenvalue weighted by Crippen LogP contribution is 2.22. The molecule has 1 unspecified atom stereocenters. The molecule has 166 valence electrons. The molecule has 2 fully saturated rings. The van der Waals surface area contributed by atoms with E-state index in [-0.39, 0.29) is 34.3 Å². The van der Waals surface area contributed by atoms with Gasteiger partial charge in [-0.05, 0) is 43.4 Å². The Labute approximate surface area is 177 Å². The summed E-state index contributed by atoms with van der Waals surface area (Å²) in [5.74, 6) is -1.33. The minimum Gasteiger partial charge on any atom is -0.273 e. The van der Waals surface area contributed by atoms with Gasteiger partial charge in [-0.3, -0.25) is 20.4 Å².